The normalized spacial score (nSPS) is 16.7. The van der Waals surface area contributed by atoms with E-state index in [4.69, 9.17) is 4.74 Å². The number of anilines is 1. The highest BCUT2D eigenvalue weighted by Gasteiger charge is 2.26. The van der Waals surface area contributed by atoms with Crippen molar-refractivity contribution in [1.29, 1.82) is 0 Å². The number of aromatic nitrogens is 4. The Balaban J connectivity index is 1.27. The van der Waals surface area contributed by atoms with Gasteiger partial charge in [-0.25, -0.2) is 0 Å². The number of benzene rings is 1. The van der Waals surface area contributed by atoms with Gasteiger partial charge in [0.2, 0.25) is 5.91 Å². The van der Waals surface area contributed by atoms with E-state index in [2.05, 4.69) is 42.3 Å². The van der Waals surface area contributed by atoms with Crippen LogP contribution in [0.15, 0.2) is 36.8 Å². The van der Waals surface area contributed by atoms with Crippen molar-refractivity contribution in [2.75, 3.05) is 45.1 Å². The lowest BCUT2D eigenvalue weighted by molar-refractivity contribution is -0.117. The molecule has 0 unspecified atom stereocenters. The van der Waals surface area contributed by atoms with Gasteiger partial charge in [0.25, 0.3) is 0 Å². The van der Waals surface area contributed by atoms with Crippen LogP contribution in [0, 0.1) is 0 Å². The summed E-state index contributed by atoms with van der Waals surface area (Å²) >= 11 is 1.31. The monoisotopic (exact) mass is 493 g/mol. The first kappa shape index (κ1) is 23.5. The third-order valence-electron chi connectivity index (χ3n) is 5.92. The maximum atomic E-state index is 13.0. The number of hydrogen-bond acceptors (Lipinski definition) is 10. The quantitative estimate of drug-likeness (QED) is 0.448. The maximum Gasteiger partial charge on any atom is 0.238 e. The second-order valence-electron chi connectivity index (χ2n) is 8.85. The lowest BCUT2D eigenvalue weighted by atomic mass is 10.1. The van der Waals surface area contributed by atoms with Crippen LogP contribution in [0.2, 0.25) is 0 Å². The van der Waals surface area contributed by atoms with E-state index in [0.29, 0.717) is 39.3 Å². The van der Waals surface area contributed by atoms with E-state index in [0.717, 1.165) is 39.0 Å². The van der Waals surface area contributed by atoms with Crippen LogP contribution < -0.4 is 10.1 Å². The molecule has 1 aliphatic carbocycles. The Morgan fingerprint density at radius 3 is 2.71 bits per heavy atom. The van der Waals surface area contributed by atoms with Crippen LogP contribution in [0.25, 0.3) is 10.7 Å². The molecule has 1 saturated heterocycles. The zero-order valence-corrected chi connectivity index (χ0v) is 20.3. The molecule has 3 heterocycles. The summed E-state index contributed by atoms with van der Waals surface area (Å²) in [5, 5.41) is 12.5. The lowest BCUT2D eigenvalue weighted by Gasteiger charge is -2.31. The molecular formula is C24H27N7O3S. The fourth-order valence-electron chi connectivity index (χ4n) is 3.75. The van der Waals surface area contributed by atoms with Gasteiger partial charge in [-0.2, -0.15) is 0 Å². The first-order valence-electron chi connectivity index (χ1n) is 11.7. The van der Waals surface area contributed by atoms with Crippen molar-refractivity contribution in [3.63, 3.8) is 0 Å². The van der Waals surface area contributed by atoms with Crippen molar-refractivity contribution in [3.8, 4) is 16.5 Å². The number of piperazine rings is 1. The number of ketones is 1. The zero-order chi connectivity index (χ0) is 24.2. The molecule has 1 aromatic carbocycles. The number of nitrogens with one attached hydrogen (secondary N) is 1. The van der Waals surface area contributed by atoms with E-state index < -0.39 is 0 Å². The molecule has 0 atom stereocenters. The van der Waals surface area contributed by atoms with Gasteiger partial charge < -0.3 is 15.0 Å². The maximum absolute atomic E-state index is 13.0. The Kier molecular flexibility index (Phi) is 7.07. The minimum Gasteiger partial charge on any atom is -0.488 e. The lowest BCUT2D eigenvalue weighted by Crippen LogP contribution is -2.47. The van der Waals surface area contributed by atoms with Gasteiger partial charge in [0.1, 0.15) is 16.5 Å². The van der Waals surface area contributed by atoms with Crippen LogP contribution in [0.1, 0.15) is 28.2 Å². The Bertz CT molecular complexity index is 1190. The van der Waals surface area contributed by atoms with E-state index in [1.165, 1.54) is 11.3 Å². The van der Waals surface area contributed by atoms with Crippen LogP contribution in [0.5, 0.6) is 5.75 Å². The smallest absolute Gasteiger partial charge is 0.238 e. The van der Waals surface area contributed by atoms with Crippen LogP contribution in [0.3, 0.4) is 0 Å². The summed E-state index contributed by atoms with van der Waals surface area (Å²) in [6.07, 6.45) is 7.07. The molecule has 1 saturated carbocycles. The Morgan fingerprint density at radius 2 is 1.97 bits per heavy atom. The third kappa shape index (κ3) is 6.24. The average molecular weight is 494 g/mol. The molecule has 1 N–H and O–H groups in total. The molecule has 11 heteroatoms. The third-order valence-corrected chi connectivity index (χ3v) is 6.86. The number of Topliss-reactive ketones (excluding diaryl/α,β-unsaturated/α-hetero) is 1. The number of carbonyl (C=O) groups excluding carboxylic acids is 2. The molecule has 0 spiro atoms. The first-order chi connectivity index (χ1) is 17.0. The Labute approximate surface area is 207 Å². The van der Waals surface area contributed by atoms with E-state index in [-0.39, 0.29) is 24.2 Å². The molecule has 10 nitrogen and oxygen atoms in total. The molecule has 0 radical (unpaired) electrons. The van der Waals surface area contributed by atoms with Gasteiger partial charge in [-0.05, 0) is 38.1 Å². The van der Waals surface area contributed by atoms with Crippen molar-refractivity contribution < 1.29 is 14.3 Å². The molecule has 2 aliphatic rings. The van der Waals surface area contributed by atoms with Gasteiger partial charge in [0.15, 0.2) is 10.8 Å². The predicted molar refractivity (Wildman–Crippen MR) is 132 cm³/mol. The van der Waals surface area contributed by atoms with Crippen LogP contribution in [-0.4, -0.2) is 87.5 Å². The second-order valence-corrected chi connectivity index (χ2v) is 9.91. The molecule has 2 aromatic heterocycles. The van der Waals surface area contributed by atoms with Gasteiger partial charge >= 0.3 is 0 Å². The molecule has 3 aromatic rings. The fourth-order valence-corrected chi connectivity index (χ4v) is 4.55. The average Bonchev–Trinajstić information content (AvgIpc) is 3.56. The second kappa shape index (κ2) is 10.5. The summed E-state index contributed by atoms with van der Waals surface area (Å²) in [6, 6.07) is 5.20. The molecule has 2 fully saturated rings. The number of rotatable bonds is 9. The number of carbonyl (C=O) groups is 2. The number of nitrogens with zero attached hydrogens (tertiary/aromatic N) is 6. The summed E-state index contributed by atoms with van der Waals surface area (Å²) in [5.74, 6) is 0.369. The molecule has 1 aliphatic heterocycles. The molecule has 0 bridgehead atoms. The van der Waals surface area contributed by atoms with Crippen molar-refractivity contribution in [3.05, 3.63) is 47.4 Å². The van der Waals surface area contributed by atoms with Crippen molar-refractivity contribution in [2.24, 2.45) is 0 Å². The van der Waals surface area contributed by atoms with E-state index in [9.17, 15) is 9.59 Å². The van der Waals surface area contributed by atoms with Crippen molar-refractivity contribution in [1.82, 2.24) is 30.0 Å². The summed E-state index contributed by atoms with van der Waals surface area (Å²) < 4.78 is 5.99. The Morgan fingerprint density at radius 1 is 1.14 bits per heavy atom. The van der Waals surface area contributed by atoms with Crippen LogP contribution in [-0.2, 0) is 11.2 Å². The van der Waals surface area contributed by atoms with Crippen LogP contribution in [0.4, 0.5) is 5.69 Å². The highest BCUT2D eigenvalue weighted by molar-refractivity contribution is 7.14. The highest BCUT2D eigenvalue weighted by Crippen LogP contribution is 2.33. The molecule has 5 rings (SSSR count). The molecule has 1 amide bonds. The van der Waals surface area contributed by atoms with Crippen LogP contribution >= 0.6 is 11.3 Å². The van der Waals surface area contributed by atoms with Gasteiger partial charge in [-0.1, -0.05) is 11.3 Å². The van der Waals surface area contributed by atoms with E-state index in [1.807, 2.05) is 0 Å². The highest BCUT2D eigenvalue weighted by atomic mass is 32.1. The number of amides is 1. The minimum absolute atomic E-state index is 0.107. The summed E-state index contributed by atoms with van der Waals surface area (Å²) in [7, 11) is 2.08. The summed E-state index contributed by atoms with van der Waals surface area (Å²) in [5.41, 5.74) is 1.63. The van der Waals surface area contributed by atoms with Crippen molar-refractivity contribution >= 4 is 28.7 Å². The minimum atomic E-state index is -0.113. The van der Waals surface area contributed by atoms with Gasteiger partial charge in [0.05, 0.1) is 31.0 Å². The van der Waals surface area contributed by atoms with Gasteiger partial charge in [-0.3, -0.25) is 24.5 Å². The standard InChI is InChI=1S/C24H27N7O3S/c1-30-8-10-31(11-9-30)15-22(33)27-18-12-16(2-5-21(18)34-17-3-4-17)20(32)13-23-28-29-24(35-23)19-14-25-6-7-26-19/h2,5-7,12,14,17H,3-4,8-11,13,15H2,1H3,(H,27,33). The van der Waals surface area contributed by atoms with E-state index in [1.54, 1.807) is 36.8 Å². The van der Waals surface area contributed by atoms with Gasteiger partial charge in [-0.15, -0.1) is 10.2 Å². The fraction of sp³-hybridized carbons (Fsp3) is 0.417. The summed E-state index contributed by atoms with van der Waals surface area (Å²) in [6.45, 7) is 3.90. The number of hydrogen-bond donors (Lipinski definition) is 1. The molecule has 35 heavy (non-hydrogen) atoms. The van der Waals surface area contributed by atoms with Crippen molar-refractivity contribution in [2.45, 2.75) is 25.4 Å². The Hall–Kier alpha value is -3.28. The number of ether oxygens (including phenoxy) is 1. The topological polar surface area (TPSA) is 113 Å². The summed E-state index contributed by atoms with van der Waals surface area (Å²) in [4.78, 5) is 38.5. The molecule has 182 valence electrons. The predicted octanol–water partition coefficient (Wildman–Crippen LogP) is 2.15. The number of likely N-dealkylation sites (N-methyl/N-ethyl adjacent to an activating group) is 1. The molecular weight excluding hydrogens is 466 g/mol. The largest absolute Gasteiger partial charge is 0.488 e. The van der Waals surface area contributed by atoms with Gasteiger partial charge in [0, 0.05) is 44.1 Å². The van der Waals surface area contributed by atoms with E-state index >= 15 is 0 Å². The SMILES string of the molecule is CN1CCN(CC(=O)Nc2cc(C(=O)Cc3nnc(-c4cnccn4)s3)ccc2OC2CC2)CC1. The zero-order valence-electron chi connectivity index (χ0n) is 19.5. The first-order valence-corrected chi connectivity index (χ1v) is 12.5.